The van der Waals surface area contributed by atoms with Crippen LogP contribution in [0.4, 0.5) is 5.95 Å². The number of hydrogen-bond donors (Lipinski definition) is 1. The highest BCUT2D eigenvalue weighted by Gasteiger charge is 2.17. The number of benzene rings is 1. The molecule has 0 saturated heterocycles. The molecular formula is C12H13Cl2N5O. The topological polar surface area (TPSA) is 77.0 Å². The van der Waals surface area contributed by atoms with Crippen LogP contribution in [0, 0.1) is 0 Å². The van der Waals surface area contributed by atoms with E-state index in [1.807, 2.05) is 6.92 Å². The fraction of sp³-hybridized carbons (Fsp3) is 0.250. The molecule has 0 bridgehead atoms. The Labute approximate surface area is 125 Å². The summed E-state index contributed by atoms with van der Waals surface area (Å²) in [4.78, 5) is 20.0. The van der Waals surface area contributed by atoms with Crippen LogP contribution in [0.1, 0.15) is 6.92 Å². The maximum atomic E-state index is 11.9. The predicted octanol–water partition coefficient (Wildman–Crippen LogP) is 1.85. The second kappa shape index (κ2) is 5.78. The zero-order valence-electron chi connectivity index (χ0n) is 11.0. The lowest BCUT2D eigenvalue weighted by molar-refractivity contribution is 0.747. The maximum Gasteiger partial charge on any atom is 0.352 e. The summed E-state index contributed by atoms with van der Waals surface area (Å²) in [5.74, 6) is 6.18. The van der Waals surface area contributed by atoms with Gasteiger partial charge in [0.25, 0.3) is 0 Å². The Kier molecular flexibility index (Phi) is 4.27. The van der Waals surface area contributed by atoms with Crippen LogP contribution in [0.3, 0.4) is 0 Å². The van der Waals surface area contributed by atoms with Crippen molar-refractivity contribution < 1.29 is 0 Å². The molecule has 0 radical (unpaired) electrons. The summed E-state index contributed by atoms with van der Waals surface area (Å²) in [7, 11) is 1.55. The highest BCUT2D eigenvalue weighted by molar-refractivity contribution is 6.38. The van der Waals surface area contributed by atoms with Crippen molar-refractivity contribution >= 4 is 29.2 Å². The van der Waals surface area contributed by atoms with E-state index >= 15 is 0 Å². The molecule has 0 aliphatic carbocycles. The maximum absolute atomic E-state index is 11.9. The van der Waals surface area contributed by atoms with E-state index < -0.39 is 5.69 Å². The van der Waals surface area contributed by atoms with Gasteiger partial charge in [0, 0.05) is 13.6 Å². The van der Waals surface area contributed by atoms with Gasteiger partial charge in [-0.2, -0.15) is 9.97 Å². The molecule has 0 aliphatic rings. The molecule has 1 aromatic heterocycles. The zero-order valence-corrected chi connectivity index (χ0v) is 12.5. The Hall–Kier alpha value is -1.63. The summed E-state index contributed by atoms with van der Waals surface area (Å²) in [5.41, 5.74) is -0.00604. The van der Waals surface area contributed by atoms with Crippen molar-refractivity contribution in [2.24, 2.45) is 12.9 Å². The molecule has 20 heavy (non-hydrogen) atoms. The van der Waals surface area contributed by atoms with Crippen molar-refractivity contribution in [1.82, 2.24) is 14.5 Å². The molecule has 0 amide bonds. The number of aromatic nitrogens is 3. The van der Waals surface area contributed by atoms with Gasteiger partial charge in [-0.25, -0.2) is 10.6 Å². The summed E-state index contributed by atoms with van der Waals surface area (Å²) < 4.78 is 1.28. The number of nitrogens with two attached hydrogens (primary N) is 1. The van der Waals surface area contributed by atoms with Crippen molar-refractivity contribution in [3.63, 3.8) is 0 Å². The molecule has 1 heterocycles. The number of hydrazine groups is 1. The molecule has 0 spiro atoms. The quantitative estimate of drug-likeness (QED) is 0.691. The van der Waals surface area contributed by atoms with E-state index in [0.29, 0.717) is 28.0 Å². The van der Waals surface area contributed by atoms with Crippen LogP contribution >= 0.6 is 23.2 Å². The van der Waals surface area contributed by atoms with Gasteiger partial charge in [-0.05, 0) is 19.1 Å². The van der Waals surface area contributed by atoms with Gasteiger partial charge in [-0.3, -0.25) is 9.58 Å². The van der Waals surface area contributed by atoms with Gasteiger partial charge < -0.3 is 0 Å². The average Bonchev–Trinajstić information content (AvgIpc) is 2.42. The summed E-state index contributed by atoms with van der Waals surface area (Å²) in [6.45, 7) is 2.28. The first-order chi connectivity index (χ1) is 9.45. The number of rotatable bonds is 3. The summed E-state index contributed by atoms with van der Waals surface area (Å²) in [6, 6.07) is 5.07. The SMILES string of the molecule is CCN(N)c1nc(-c2c(Cl)cccc2Cl)n(C)c(=O)n1. The zero-order chi connectivity index (χ0) is 14.9. The third-order valence-corrected chi connectivity index (χ3v) is 3.42. The lowest BCUT2D eigenvalue weighted by atomic mass is 10.2. The van der Waals surface area contributed by atoms with Gasteiger partial charge in [0.2, 0.25) is 5.95 Å². The number of nitrogens with zero attached hydrogens (tertiary/aromatic N) is 4. The molecule has 0 aliphatic heterocycles. The molecule has 0 atom stereocenters. The van der Waals surface area contributed by atoms with Crippen LogP contribution < -0.4 is 16.5 Å². The minimum Gasteiger partial charge on any atom is -0.279 e. The normalized spacial score (nSPS) is 10.7. The van der Waals surface area contributed by atoms with E-state index in [9.17, 15) is 4.79 Å². The lowest BCUT2D eigenvalue weighted by Gasteiger charge is -2.16. The molecule has 106 valence electrons. The fourth-order valence-electron chi connectivity index (χ4n) is 1.65. The molecule has 2 N–H and O–H groups in total. The number of anilines is 1. The van der Waals surface area contributed by atoms with Crippen LogP contribution in [-0.2, 0) is 7.05 Å². The molecule has 2 aromatic rings. The number of hydrogen-bond acceptors (Lipinski definition) is 5. The molecule has 8 heteroatoms. The van der Waals surface area contributed by atoms with Crippen molar-refractivity contribution in [2.75, 3.05) is 11.6 Å². The smallest absolute Gasteiger partial charge is 0.279 e. The monoisotopic (exact) mass is 313 g/mol. The molecular weight excluding hydrogens is 301 g/mol. The van der Waals surface area contributed by atoms with Crippen LogP contribution in [0.2, 0.25) is 10.0 Å². The standard InChI is InChI=1S/C12H13Cl2N5O/c1-3-19(15)11-16-10(18(2)12(20)17-11)9-7(13)5-4-6-8(9)14/h4-6H,3,15H2,1-2H3. The summed E-state index contributed by atoms with van der Waals surface area (Å²) in [5, 5.41) is 2.07. The highest BCUT2D eigenvalue weighted by Crippen LogP contribution is 2.32. The van der Waals surface area contributed by atoms with Gasteiger partial charge in [-0.1, -0.05) is 29.3 Å². The Morgan fingerprint density at radius 1 is 1.30 bits per heavy atom. The Bertz CT molecular complexity index is 680. The fourth-order valence-corrected chi connectivity index (χ4v) is 2.22. The van der Waals surface area contributed by atoms with E-state index in [4.69, 9.17) is 29.0 Å². The number of halogens is 2. The summed E-state index contributed by atoms with van der Waals surface area (Å²) >= 11 is 12.3. The van der Waals surface area contributed by atoms with E-state index in [-0.39, 0.29) is 5.95 Å². The van der Waals surface area contributed by atoms with E-state index in [1.54, 1.807) is 25.2 Å². The van der Waals surface area contributed by atoms with E-state index in [1.165, 1.54) is 9.58 Å². The van der Waals surface area contributed by atoms with Crippen LogP contribution in [-0.4, -0.2) is 21.1 Å². The molecule has 1 aromatic carbocycles. The van der Waals surface area contributed by atoms with Gasteiger partial charge in [0.15, 0.2) is 5.82 Å². The van der Waals surface area contributed by atoms with Gasteiger partial charge in [0.05, 0.1) is 15.6 Å². The first kappa shape index (κ1) is 14.8. The van der Waals surface area contributed by atoms with Crippen molar-refractivity contribution in [2.45, 2.75) is 6.92 Å². The van der Waals surface area contributed by atoms with Crippen LogP contribution in [0.25, 0.3) is 11.4 Å². The van der Waals surface area contributed by atoms with Gasteiger partial charge in [0.1, 0.15) is 0 Å². The van der Waals surface area contributed by atoms with E-state index in [2.05, 4.69) is 9.97 Å². The minimum atomic E-state index is -0.482. The van der Waals surface area contributed by atoms with Gasteiger partial charge >= 0.3 is 5.69 Å². The minimum absolute atomic E-state index is 0.126. The van der Waals surface area contributed by atoms with Crippen LogP contribution in [0.5, 0.6) is 0 Å². The molecule has 6 nitrogen and oxygen atoms in total. The average molecular weight is 314 g/mol. The highest BCUT2D eigenvalue weighted by atomic mass is 35.5. The second-order valence-electron chi connectivity index (χ2n) is 4.07. The lowest BCUT2D eigenvalue weighted by Crippen LogP contribution is -2.36. The Balaban J connectivity index is 2.74. The van der Waals surface area contributed by atoms with Crippen molar-refractivity contribution in [3.8, 4) is 11.4 Å². The van der Waals surface area contributed by atoms with Crippen LogP contribution in [0.15, 0.2) is 23.0 Å². The van der Waals surface area contributed by atoms with Gasteiger partial charge in [-0.15, -0.1) is 0 Å². The molecule has 0 fully saturated rings. The Morgan fingerprint density at radius 2 is 1.90 bits per heavy atom. The first-order valence-corrected chi connectivity index (χ1v) is 6.63. The molecule has 0 unspecified atom stereocenters. The predicted molar refractivity (Wildman–Crippen MR) is 79.9 cm³/mol. The first-order valence-electron chi connectivity index (χ1n) is 5.87. The summed E-state index contributed by atoms with van der Waals surface area (Å²) in [6.07, 6.45) is 0. The third kappa shape index (κ3) is 2.63. The third-order valence-electron chi connectivity index (χ3n) is 2.79. The Morgan fingerprint density at radius 3 is 2.45 bits per heavy atom. The van der Waals surface area contributed by atoms with Crippen molar-refractivity contribution in [1.29, 1.82) is 0 Å². The largest absolute Gasteiger partial charge is 0.352 e. The second-order valence-corrected chi connectivity index (χ2v) is 4.89. The van der Waals surface area contributed by atoms with Crippen molar-refractivity contribution in [3.05, 3.63) is 38.7 Å². The molecule has 0 saturated carbocycles. The molecule has 2 rings (SSSR count). The van der Waals surface area contributed by atoms with E-state index in [0.717, 1.165) is 0 Å².